The fourth-order valence-corrected chi connectivity index (χ4v) is 5.48. The van der Waals surface area contributed by atoms with Gasteiger partial charge in [0.2, 0.25) is 5.71 Å². The summed E-state index contributed by atoms with van der Waals surface area (Å²) in [7, 11) is 0. The summed E-state index contributed by atoms with van der Waals surface area (Å²) in [6.07, 6.45) is 7.22. The van der Waals surface area contributed by atoms with Crippen LogP contribution in [0.25, 0.3) is 44.5 Å². The zero-order valence-electron chi connectivity index (χ0n) is 20.1. The van der Waals surface area contributed by atoms with Crippen molar-refractivity contribution < 1.29 is 4.42 Å². The van der Waals surface area contributed by atoms with Crippen molar-refractivity contribution >= 4 is 22.1 Å². The molecule has 6 rings (SSSR count). The molecule has 0 spiro atoms. The minimum Gasteiger partial charge on any atom is -0.437 e. The molecule has 170 valence electrons. The van der Waals surface area contributed by atoms with Crippen LogP contribution in [0.2, 0.25) is 0 Å². The second-order valence-corrected chi connectivity index (χ2v) is 9.98. The van der Waals surface area contributed by atoms with Crippen molar-refractivity contribution in [3.63, 3.8) is 0 Å². The van der Waals surface area contributed by atoms with Crippen LogP contribution in [0.15, 0.2) is 71.3 Å². The molecule has 0 radical (unpaired) electrons. The van der Waals surface area contributed by atoms with Gasteiger partial charge in [-0.1, -0.05) is 69.2 Å². The van der Waals surface area contributed by atoms with Crippen molar-refractivity contribution in [2.75, 3.05) is 0 Å². The maximum atomic E-state index is 6.44. The Morgan fingerprint density at radius 1 is 0.882 bits per heavy atom. The van der Waals surface area contributed by atoms with E-state index in [-0.39, 0.29) is 0 Å². The molecule has 0 atom stereocenters. The van der Waals surface area contributed by atoms with Crippen LogP contribution in [0.3, 0.4) is 0 Å². The lowest BCUT2D eigenvalue weighted by Crippen LogP contribution is -1.94. The fourth-order valence-electron chi connectivity index (χ4n) is 5.48. The van der Waals surface area contributed by atoms with Crippen molar-refractivity contribution in [2.24, 2.45) is 0 Å². The van der Waals surface area contributed by atoms with Crippen LogP contribution in [-0.4, -0.2) is 9.97 Å². The Bertz CT molecular complexity index is 1490. The number of rotatable bonds is 4. The average molecular weight is 447 g/mol. The highest BCUT2D eigenvalue weighted by Gasteiger charge is 2.21. The molecule has 0 amide bonds. The largest absolute Gasteiger partial charge is 0.437 e. The molecule has 2 aromatic carbocycles. The topological polar surface area (TPSA) is 38.9 Å². The summed E-state index contributed by atoms with van der Waals surface area (Å²) in [5.74, 6) is 1.07. The lowest BCUT2D eigenvalue weighted by molar-refractivity contribution is 0.648. The van der Waals surface area contributed by atoms with Crippen molar-refractivity contribution in [2.45, 2.75) is 58.3 Å². The maximum absolute atomic E-state index is 6.44. The molecule has 3 aromatic heterocycles. The summed E-state index contributed by atoms with van der Waals surface area (Å²) in [4.78, 5) is 9.69. The predicted octanol–water partition coefficient (Wildman–Crippen LogP) is 8.80. The molecule has 5 aromatic rings. The first-order valence-corrected chi connectivity index (χ1v) is 12.5. The highest BCUT2D eigenvalue weighted by molar-refractivity contribution is 6.10. The van der Waals surface area contributed by atoms with Gasteiger partial charge in [-0.05, 0) is 66.5 Å². The van der Waals surface area contributed by atoms with Crippen LogP contribution in [0.5, 0.6) is 0 Å². The smallest absolute Gasteiger partial charge is 0.227 e. The molecule has 3 heteroatoms. The van der Waals surface area contributed by atoms with Gasteiger partial charge < -0.3 is 4.42 Å². The monoisotopic (exact) mass is 446 g/mol. The van der Waals surface area contributed by atoms with E-state index in [9.17, 15) is 0 Å². The predicted molar refractivity (Wildman–Crippen MR) is 140 cm³/mol. The molecule has 1 aliphatic carbocycles. The number of hydrogen-bond acceptors (Lipinski definition) is 3. The van der Waals surface area contributed by atoms with Crippen molar-refractivity contribution in [3.8, 4) is 22.4 Å². The van der Waals surface area contributed by atoms with E-state index in [0.29, 0.717) is 11.6 Å². The van der Waals surface area contributed by atoms with Gasteiger partial charge in [-0.25, -0.2) is 4.98 Å². The first-order chi connectivity index (χ1) is 16.6. The van der Waals surface area contributed by atoms with Gasteiger partial charge in [0.25, 0.3) is 0 Å². The average Bonchev–Trinajstić information content (AvgIpc) is 3.52. The van der Waals surface area contributed by atoms with E-state index >= 15 is 0 Å². The third kappa shape index (κ3) is 3.51. The number of nitrogens with zero attached hydrogens (tertiary/aromatic N) is 2. The number of aromatic nitrogens is 2. The van der Waals surface area contributed by atoms with Gasteiger partial charge in [-0.3, -0.25) is 4.98 Å². The van der Waals surface area contributed by atoms with Crippen molar-refractivity contribution in [1.29, 1.82) is 0 Å². The Balaban J connectivity index is 1.51. The minimum atomic E-state index is 0.355. The van der Waals surface area contributed by atoms with Gasteiger partial charge in [-0.15, -0.1) is 0 Å². The molecule has 0 unspecified atom stereocenters. The van der Waals surface area contributed by atoms with Crippen LogP contribution >= 0.6 is 0 Å². The Morgan fingerprint density at radius 3 is 2.41 bits per heavy atom. The highest BCUT2D eigenvalue weighted by atomic mass is 16.3. The second kappa shape index (κ2) is 8.39. The number of pyridine rings is 2. The van der Waals surface area contributed by atoms with Crippen molar-refractivity contribution in [1.82, 2.24) is 9.97 Å². The van der Waals surface area contributed by atoms with E-state index in [4.69, 9.17) is 14.4 Å². The van der Waals surface area contributed by atoms with Gasteiger partial charge in [0, 0.05) is 33.8 Å². The van der Waals surface area contributed by atoms with E-state index in [1.165, 1.54) is 36.8 Å². The molecule has 1 fully saturated rings. The van der Waals surface area contributed by atoms with Gasteiger partial charge >= 0.3 is 0 Å². The molecular formula is C31H30N2O. The number of furan rings is 1. The van der Waals surface area contributed by atoms with E-state index in [1.54, 1.807) is 0 Å². The van der Waals surface area contributed by atoms with Gasteiger partial charge in [0.1, 0.15) is 5.58 Å². The van der Waals surface area contributed by atoms with Crippen LogP contribution in [0, 0.1) is 6.92 Å². The Kier molecular flexibility index (Phi) is 5.21. The van der Waals surface area contributed by atoms with Crippen LogP contribution in [0.4, 0.5) is 0 Å². The van der Waals surface area contributed by atoms with Crippen LogP contribution in [-0.2, 0) is 0 Å². The summed E-state index contributed by atoms with van der Waals surface area (Å²) in [5, 5.41) is 2.14. The Morgan fingerprint density at radius 2 is 1.65 bits per heavy atom. The SMILES string of the molecule is Cc1ccc2c(oc3nc(C(C)C)ccc32)c1-c1ncccc1-c1ccc(C2CCCC2)cc1. The molecule has 1 aliphatic rings. The van der Waals surface area contributed by atoms with Crippen LogP contribution in [0.1, 0.15) is 68.2 Å². The number of aryl methyl sites for hydroxylation is 1. The summed E-state index contributed by atoms with van der Waals surface area (Å²) in [6, 6.07) is 21.9. The maximum Gasteiger partial charge on any atom is 0.227 e. The van der Waals surface area contributed by atoms with Gasteiger partial charge in [-0.2, -0.15) is 0 Å². The molecule has 0 bridgehead atoms. The molecule has 34 heavy (non-hydrogen) atoms. The van der Waals surface area contributed by atoms with Crippen LogP contribution < -0.4 is 0 Å². The minimum absolute atomic E-state index is 0.355. The van der Waals surface area contributed by atoms with E-state index in [0.717, 1.165) is 50.4 Å². The number of benzene rings is 2. The van der Waals surface area contributed by atoms with E-state index in [2.05, 4.69) is 75.4 Å². The molecule has 0 saturated heterocycles. The molecule has 0 aliphatic heterocycles. The first kappa shape index (κ1) is 21.1. The fraction of sp³-hybridized carbons (Fsp3) is 0.290. The van der Waals surface area contributed by atoms with E-state index in [1.807, 2.05) is 12.3 Å². The highest BCUT2D eigenvalue weighted by Crippen LogP contribution is 2.41. The Hall–Kier alpha value is -3.46. The second-order valence-electron chi connectivity index (χ2n) is 9.98. The lowest BCUT2D eigenvalue weighted by Gasteiger charge is -2.14. The molecule has 3 heterocycles. The van der Waals surface area contributed by atoms with Gasteiger partial charge in [0.15, 0.2) is 0 Å². The summed E-state index contributed by atoms with van der Waals surface area (Å²) in [6.45, 7) is 6.45. The van der Waals surface area contributed by atoms with Gasteiger partial charge in [0.05, 0.1) is 5.69 Å². The zero-order valence-corrected chi connectivity index (χ0v) is 20.1. The third-order valence-electron chi connectivity index (χ3n) is 7.42. The van der Waals surface area contributed by atoms with Crippen molar-refractivity contribution in [3.05, 3.63) is 83.7 Å². The normalized spacial score (nSPS) is 14.6. The molecule has 1 saturated carbocycles. The van der Waals surface area contributed by atoms with E-state index < -0.39 is 0 Å². The lowest BCUT2D eigenvalue weighted by atomic mass is 9.92. The number of hydrogen-bond donors (Lipinski definition) is 0. The Labute approximate surface area is 200 Å². The third-order valence-corrected chi connectivity index (χ3v) is 7.42. The number of fused-ring (bicyclic) bond motifs is 3. The summed E-state index contributed by atoms with van der Waals surface area (Å²) in [5.41, 5.74) is 9.57. The molecule has 0 N–H and O–H groups in total. The summed E-state index contributed by atoms with van der Waals surface area (Å²) >= 11 is 0. The first-order valence-electron chi connectivity index (χ1n) is 12.5. The molecular weight excluding hydrogens is 416 g/mol. The zero-order chi connectivity index (χ0) is 23.2. The quantitative estimate of drug-likeness (QED) is 0.277. The molecule has 3 nitrogen and oxygen atoms in total. The summed E-state index contributed by atoms with van der Waals surface area (Å²) < 4.78 is 6.44. The standard InChI is InChI=1S/C31H30N2O/c1-19(2)27-17-16-26-25-15-10-20(3)28(30(25)34-31(26)33-27)29-24(9-6-18-32-29)23-13-11-22(12-14-23)21-7-4-5-8-21/h6,9-19,21H,4-5,7-8H2,1-3H3.